The number of carboxylic acid groups (broad SMARTS) is 1. The lowest BCUT2D eigenvalue weighted by atomic mass is 10.2. The van der Waals surface area contributed by atoms with Crippen molar-refractivity contribution in [3.05, 3.63) is 35.3 Å². The molecule has 1 aromatic carbocycles. The summed E-state index contributed by atoms with van der Waals surface area (Å²) in [6, 6.07) is 7.43. The monoisotopic (exact) mass is 318 g/mol. The Morgan fingerprint density at radius 3 is 2.91 bits per heavy atom. The summed E-state index contributed by atoms with van der Waals surface area (Å²) in [6.07, 6.45) is 1.66. The predicted octanol–water partition coefficient (Wildman–Crippen LogP) is 2.87. The molecule has 0 unspecified atom stereocenters. The number of nitrogens with zero attached hydrogens (tertiary/aromatic N) is 2. The van der Waals surface area contributed by atoms with E-state index in [2.05, 4.69) is 4.98 Å². The Kier molecular flexibility index (Phi) is 4.40. The average molecular weight is 318 g/mol. The summed E-state index contributed by atoms with van der Waals surface area (Å²) < 4.78 is 5.15. The summed E-state index contributed by atoms with van der Waals surface area (Å²) in [5.41, 5.74) is 1.98. The molecule has 1 aromatic heterocycles. The van der Waals surface area contributed by atoms with Gasteiger partial charge in [-0.2, -0.15) is 0 Å². The van der Waals surface area contributed by atoms with E-state index in [1.54, 1.807) is 18.4 Å². The Hall–Kier alpha value is -1.92. The number of benzene rings is 1. The van der Waals surface area contributed by atoms with Crippen molar-refractivity contribution in [2.24, 2.45) is 0 Å². The molecule has 2 heterocycles. The van der Waals surface area contributed by atoms with Crippen molar-refractivity contribution in [3.63, 3.8) is 0 Å². The molecule has 0 amide bonds. The number of hydrogen-bond acceptors (Lipinski definition) is 5. The summed E-state index contributed by atoms with van der Waals surface area (Å²) >= 11 is 1.58. The van der Waals surface area contributed by atoms with Gasteiger partial charge in [0.25, 0.3) is 0 Å². The van der Waals surface area contributed by atoms with Gasteiger partial charge in [0.1, 0.15) is 16.8 Å². The number of aliphatic carboxylic acids is 1. The van der Waals surface area contributed by atoms with Gasteiger partial charge in [-0.25, -0.2) is 4.98 Å². The highest BCUT2D eigenvalue weighted by Gasteiger charge is 2.30. The van der Waals surface area contributed by atoms with Crippen LogP contribution in [0.3, 0.4) is 0 Å². The molecule has 0 bridgehead atoms. The summed E-state index contributed by atoms with van der Waals surface area (Å²) in [6.45, 7) is 1.43. The Labute approximate surface area is 133 Å². The first-order valence-corrected chi connectivity index (χ1v) is 8.11. The normalized spacial score (nSPS) is 18.5. The van der Waals surface area contributed by atoms with Gasteiger partial charge in [0.15, 0.2) is 0 Å². The van der Waals surface area contributed by atoms with E-state index >= 15 is 0 Å². The number of methoxy groups -OCH3 is 1. The lowest BCUT2D eigenvalue weighted by Crippen LogP contribution is -2.35. The van der Waals surface area contributed by atoms with Gasteiger partial charge in [-0.15, -0.1) is 11.3 Å². The van der Waals surface area contributed by atoms with Crippen molar-refractivity contribution in [1.29, 1.82) is 0 Å². The maximum atomic E-state index is 11.2. The number of hydrogen-bond donors (Lipinski definition) is 1. The third kappa shape index (κ3) is 3.13. The molecule has 5 nitrogen and oxygen atoms in total. The zero-order valence-corrected chi connectivity index (χ0v) is 13.2. The minimum absolute atomic E-state index is 0.369. The highest BCUT2D eigenvalue weighted by atomic mass is 32.1. The van der Waals surface area contributed by atoms with Gasteiger partial charge < -0.3 is 9.84 Å². The van der Waals surface area contributed by atoms with Crippen molar-refractivity contribution < 1.29 is 14.6 Å². The van der Waals surface area contributed by atoms with Crippen LogP contribution in [-0.2, 0) is 11.3 Å². The van der Waals surface area contributed by atoms with Crippen LogP contribution in [0, 0.1) is 0 Å². The maximum absolute atomic E-state index is 11.2. The van der Waals surface area contributed by atoms with E-state index in [0.29, 0.717) is 6.54 Å². The molecule has 1 N–H and O–H groups in total. The Morgan fingerprint density at radius 2 is 2.23 bits per heavy atom. The fourth-order valence-corrected chi connectivity index (χ4v) is 3.57. The molecule has 1 fully saturated rings. The van der Waals surface area contributed by atoms with Crippen molar-refractivity contribution in [2.45, 2.75) is 25.4 Å². The molecule has 1 aliphatic heterocycles. The van der Waals surface area contributed by atoms with Crippen LogP contribution in [0.25, 0.3) is 10.6 Å². The number of carbonyl (C=O) groups is 1. The van der Waals surface area contributed by atoms with Crippen molar-refractivity contribution in [3.8, 4) is 16.3 Å². The summed E-state index contributed by atoms with van der Waals surface area (Å²) in [4.78, 5) is 17.8. The van der Waals surface area contributed by atoms with Crippen LogP contribution in [0.5, 0.6) is 5.75 Å². The van der Waals surface area contributed by atoms with Gasteiger partial charge in [-0.3, -0.25) is 9.69 Å². The second-order valence-electron chi connectivity index (χ2n) is 5.34. The van der Waals surface area contributed by atoms with Crippen LogP contribution in [-0.4, -0.2) is 40.7 Å². The Balaban J connectivity index is 1.72. The molecule has 0 saturated carbocycles. The Morgan fingerprint density at radius 1 is 1.45 bits per heavy atom. The molecule has 2 aromatic rings. The molecule has 1 aliphatic rings. The average Bonchev–Trinajstić information content (AvgIpc) is 3.17. The molecule has 116 valence electrons. The maximum Gasteiger partial charge on any atom is 0.320 e. The highest BCUT2D eigenvalue weighted by molar-refractivity contribution is 7.13. The summed E-state index contributed by atoms with van der Waals surface area (Å²) in [7, 11) is 1.64. The number of rotatable bonds is 5. The van der Waals surface area contributed by atoms with Crippen LogP contribution < -0.4 is 4.74 Å². The quantitative estimate of drug-likeness (QED) is 0.918. The molecule has 0 spiro atoms. The van der Waals surface area contributed by atoms with E-state index in [-0.39, 0.29) is 6.04 Å². The molecule has 6 heteroatoms. The molecule has 1 atom stereocenters. The first-order chi connectivity index (χ1) is 10.7. The number of carboxylic acids is 1. The van der Waals surface area contributed by atoms with Crippen LogP contribution in [0.2, 0.25) is 0 Å². The van der Waals surface area contributed by atoms with Gasteiger partial charge in [0.05, 0.1) is 12.8 Å². The first-order valence-electron chi connectivity index (χ1n) is 7.23. The lowest BCUT2D eigenvalue weighted by Gasteiger charge is -2.19. The van der Waals surface area contributed by atoms with Gasteiger partial charge in [-0.1, -0.05) is 0 Å². The van der Waals surface area contributed by atoms with E-state index in [9.17, 15) is 9.90 Å². The Bertz CT molecular complexity index is 654. The first kappa shape index (κ1) is 15.0. The summed E-state index contributed by atoms with van der Waals surface area (Å²) in [5.74, 6) is 0.0880. The van der Waals surface area contributed by atoms with Crippen LogP contribution in [0.15, 0.2) is 29.6 Å². The van der Waals surface area contributed by atoms with E-state index < -0.39 is 5.97 Å². The van der Waals surface area contributed by atoms with Crippen LogP contribution >= 0.6 is 11.3 Å². The second-order valence-corrected chi connectivity index (χ2v) is 6.20. The third-order valence-corrected chi connectivity index (χ3v) is 4.84. The minimum Gasteiger partial charge on any atom is -0.497 e. The third-order valence-electron chi connectivity index (χ3n) is 3.90. The number of thiazole rings is 1. The van der Waals surface area contributed by atoms with E-state index in [0.717, 1.165) is 41.4 Å². The van der Waals surface area contributed by atoms with Crippen molar-refractivity contribution >= 4 is 17.3 Å². The molecule has 0 aliphatic carbocycles. The molecule has 1 saturated heterocycles. The van der Waals surface area contributed by atoms with Crippen LogP contribution in [0.1, 0.15) is 18.5 Å². The fourth-order valence-electron chi connectivity index (χ4n) is 2.75. The topological polar surface area (TPSA) is 62.7 Å². The lowest BCUT2D eigenvalue weighted by molar-refractivity contribution is -0.142. The number of likely N-dealkylation sites (tertiary alicyclic amines) is 1. The predicted molar refractivity (Wildman–Crippen MR) is 85.2 cm³/mol. The van der Waals surface area contributed by atoms with Crippen LogP contribution in [0.4, 0.5) is 0 Å². The van der Waals surface area contributed by atoms with Crippen molar-refractivity contribution in [1.82, 2.24) is 9.88 Å². The fraction of sp³-hybridized carbons (Fsp3) is 0.375. The SMILES string of the molecule is COc1ccc(-c2nc(CN3CCC[C@@H]3C(=O)O)cs2)cc1. The molecule has 0 radical (unpaired) electrons. The smallest absolute Gasteiger partial charge is 0.320 e. The molecular formula is C16H18N2O3S. The molecular weight excluding hydrogens is 300 g/mol. The highest BCUT2D eigenvalue weighted by Crippen LogP contribution is 2.27. The molecule has 22 heavy (non-hydrogen) atoms. The largest absolute Gasteiger partial charge is 0.497 e. The van der Waals surface area contributed by atoms with Gasteiger partial charge in [0, 0.05) is 17.5 Å². The zero-order valence-electron chi connectivity index (χ0n) is 12.4. The number of ether oxygens (including phenoxy) is 1. The van der Waals surface area contributed by atoms with E-state index in [4.69, 9.17) is 4.74 Å². The second kappa shape index (κ2) is 6.46. The zero-order chi connectivity index (χ0) is 15.5. The van der Waals surface area contributed by atoms with E-state index in [1.165, 1.54) is 0 Å². The summed E-state index contributed by atoms with van der Waals surface area (Å²) in [5, 5.41) is 12.2. The standard InChI is InChI=1S/C16H18N2O3S/c1-21-13-6-4-11(5-7-13)15-17-12(10-22-15)9-18-8-2-3-14(18)16(19)20/h4-7,10,14H,2-3,8-9H2,1H3,(H,19,20)/t14-/m1/s1. The number of aromatic nitrogens is 1. The molecule has 3 rings (SSSR count). The van der Waals surface area contributed by atoms with Gasteiger partial charge >= 0.3 is 5.97 Å². The van der Waals surface area contributed by atoms with Gasteiger partial charge in [-0.05, 0) is 43.7 Å². The van der Waals surface area contributed by atoms with Crippen molar-refractivity contribution in [2.75, 3.05) is 13.7 Å². The van der Waals surface area contributed by atoms with E-state index in [1.807, 2.05) is 34.5 Å². The minimum atomic E-state index is -0.733. The van der Waals surface area contributed by atoms with Gasteiger partial charge in [0.2, 0.25) is 0 Å².